The topological polar surface area (TPSA) is 32.8 Å². The predicted octanol–water partition coefficient (Wildman–Crippen LogP) is 3.44. The van der Waals surface area contributed by atoms with Crippen LogP contribution in [-0.2, 0) is 4.74 Å². The van der Waals surface area contributed by atoms with Crippen LogP contribution in [0.15, 0.2) is 30.3 Å². The summed E-state index contributed by atoms with van der Waals surface area (Å²) >= 11 is 0. The number of benzene rings is 1. The molecular weight excluding hydrogens is 276 g/mol. The molecule has 0 saturated carbocycles. The van der Waals surface area contributed by atoms with Crippen molar-refractivity contribution in [3.8, 4) is 0 Å². The summed E-state index contributed by atoms with van der Waals surface area (Å²) in [7, 11) is 0. The lowest BCUT2D eigenvalue weighted by molar-refractivity contribution is 0.0879. The van der Waals surface area contributed by atoms with Crippen LogP contribution in [0.4, 0.5) is 4.79 Å². The Kier molecular flexibility index (Phi) is 4.98. The van der Waals surface area contributed by atoms with Crippen molar-refractivity contribution in [2.24, 2.45) is 0 Å². The first-order chi connectivity index (χ1) is 10.8. The highest BCUT2D eigenvalue weighted by Crippen LogP contribution is 2.34. The van der Waals surface area contributed by atoms with Crippen LogP contribution in [-0.4, -0.2) is 48.2 Å². The number of amides is 1. The normalized spacial score (nSPS) is 26.2. The molecule has 1 aromatic carbocycles. The van der Waals surface area contributed by atoms with Crippen molar-refractivity contribution in [3.05, 3.63) is 35.9 Å². The SMILES string of the molecule is C[C@@H]1CCC[C@H](c2ccccc2)N1CCCN1CCOC1=O. The number of rotatable bonds is 5. The molecule has 2 aliphatic heterocycles. The Hall–Kier alpha value is -1.55. The quantitative estimate of drug-likeness (QED) is 0.835. The predicted molar refractivity (Wildman–Crippen MR) is 86.7 cm³/mol. The van der Waals surface area contributed by atoms with Gasteiger partial charge in [-0.05, 0) is 31.7 Å². The maximum absolute atomic E-state index is 11.5. The van der Waals surface area contributed by atoms with E-state index in [2.05, 4.69) is 42.2 Å². The van der Waals surface area contributed by atoms with E-state index in [-0.39, 0.29) is 6.09 Å². The number of piperidine rings is 1. The Bertz CT molecular complexity index is 491. The van der Waals surface area contributed by atoms with Crippen molar-refractivity contribution in [2.75, 3.05) is 26.2 Å². The Morgan fingerprint density at radius 3 is 2.73 bits per heavy atom. The lowest BCUT2D eigenvalue weighted by Crippen LogP contribution is -2.41. The molecule has 2 saturated heterocycles. The summed E-state index contributed by atoms with van der Waals surface area (Å²) in [6.45, 7) is 5.48. The molecule has 3 rings (SSSR count). The minimum atomic E-state index is -0.147. The maximum atomic E-state index is 11.5. The molecule has 22 heavy (non-hydrogen) atoms. The summed E-state index contributed by atoms with van der Waals surface area (Å²) < 4.78 is 4.99. The maximum Gasteiger partial charge on any atom is 0.409 e. The van der Waals surface area contributed by atoms with E-state index in [0.29, 0.717) is 18.7 Å². The van der Waals surface area contributed by atoms with Crippen LogP contribution < -0.4 is 0 Å². The van der Waals surface area contributed by atoms with Crippen molar-refractivity contribution in [1.29, 1.82) is 0 Å². The molecule has 120 valence electrons. The van der Waals surface area contributed by atoms with Crippen molar-refractivity contribution < 1.29 is 9.53 Å². The average Bonchev–Trinajstić information content (AvgIpc) is 2.95. The number of likely N-dealkylation sites (tertiary alicyclic amines) is 1. The second-order valence-electron chi connectivity index (χ2n) is 6.40. The highest BCUT2D eigenvalue weighted by molar-refractivity contribution is 5.69. The smallest absolute Gasteiger partial charge is 0.409 e. The monoisotopic (exact) mass is 302 g/mol. The van der Waals surface area contributed by atoms with Crippen molar-refractivity contribution in [3.63, 3.8) is 0 Å². The van der Waals surface area contributed by atoms with Gasteiger partial charge in [0.25, 0.3) is 0 Å². The first-order valence-electron chi connectivity index (χ1n) is 8.48. The van der Waals surface area contributed by atoms with E-state index >= 15 is 0 Å². The number of carbonyl (C=O) groups excluding carboxylic acids is 1. The second-order valence-corrected chi connectivity index (χ2v) is 6.40. The molecule has 0 unspecified atom stereocenters. The molecule has 0 aromatic heterocycles. The van der Waals surface area contributed by atoms with E-state index in [0.717, 1.165) is 26.1 Å². The first-order valence-corrected chi connectivity index (χ1v) is 8.48. The molecule has 4 nitrogen and oxygen atoms in total. The summed E-state index contributed by atoms with van der Waals surface area (Å²) in [5, 5.41) is 0. The molecule has 0 bridgehead atoms. The van der Waals surface area contributed by atoms with Gasteiger partial charge in [0.15, 0.2) is 0 Å². The van der Waals surface area contributed by atoms with Crippen LogP contribution in [0.25, 0.3) is 0 Å². The van der Waals surface area contributed by atoms with Gasteiger partial charge in [-0.15, -0.1) is 0 Å². The van der Waals surface area contributed by atoms with Crippen molar-refractivity contribution >= 4 is 6.09 Å². The number of nitrogens with zero attached hydrogens (tertiary/aromatic N) is 2. The third-order valence-electron chi connectivity index (χ3n) is 4.94. The van der Waals surface area contributed by atoms with Gasteiger partial charge in [-0.2, -0.15) is 0 Å². The van der Waals surface area contributed by atoms with Gasteiger partial charge in [-0.3, -0.25) is 4.90 Å². The van der Waals surface area contributed by atoms with Gasteiger partial charge in [0, 0.05) is 25.2 Å². The minimum Gasteiger partial charge on any atom is -0.448 e. The Morgan fingerprint density at radius 1 is 1.18 bits per heavy atom. The fraction of sp³-hybridized carbons (Fsp3) is 0.611. The molecule has 0 aliphatic carbocycles. The molecular formula is C18H26N2O2. The van der Waals surface area contributed by atoms with E-state index in [1.807, 2.05) is 4.90 Å². The summed E-state index contributed by atoms with van der Waals surface area (Å²) in [5.74, 6) is 0. The number of hydrogen-bond donors (Lipinski definition) is 0. The van der Waals surface area contributed by atoms with E-state index in [4.69, 9.17) is 4.74 Å². The molecule has 0 radical (unpaired) electrons. The summed E-state index contributed by atoms with van der Waals surface area (Å²) in [5.41, 5.74) is 1.43. The van der Waals surface area contributed by atoms with Crippen LogP contribution in [0.5, 0.6) is 0 Å². The summed E-state index contributed by atoms with van der Waals surface area (Å²) in [6, 6.07) is 12.0. The van der Waals surface area contributed by atoms with Crippen LogP contribution in [0.1, 0.15) is 44.2 Å². The Balaban J connectivity index is 1.59. The van der Waals surface area contributed by atoms with Crippen LogP contribution in [0, 0.1) is 0 Å². The van der Waals surface area contributed by atoms with Crippen LogP contribution >= 0.6 is 0 Å². The highest BCUT2D eigenvalue weighted by atomic mass is 16.6. The first kappa shape index (κ1) is 15.3. The molecule has 2 heterocycles. The molecule has 4 heteroatoms. The standard InChI is InChI=1S/C18H26N2O2/c1-15-7-5-10-17(16-8-3-2-4-9-16)20(15)12-6-11-19-13-14-22-18(19)21/h2-4,8-9,15,17H,5-7,10-14H2,1H3/t15-,17-/m1/s1. The number of ether oxygens (including phenoxy) is 1. The Labute approximate surface area is 133 Å². The molecule has 2 aliphatic rings. The zero-order valence-corrected chi connectivity index (χ0v) is 13.4. The molecule has 2 atom stereocenters. The van der Waals surface area contributed by atoms with Crippen molar-refractivity contribution in [1.82, 2.24) is 9.80 Å². The largest absolute Gasteiger partial charge is 0.448 e. The Morgan fingerprint density at radius 2 is 2.00 bits per heavy atom. The second kappa shape index (κ2) is 7.14. The number of cyclic esters (lactones) is 1. The lowest BCUT2D eigenvalue weighted by Gasteiger charge is -2.41. The third kappa shape index (κ3) is 3.43. The molecule has 0 N–H and O–H groups in total. The average molecular weight is 302 g/mol. The third-order valence-corrected chi connectivity index (χ3v) is 4.94. The van der Waals surface area contributed by atoms with Gasteiger partial charge >= 0.3 is 6.09 Å². The van der Waals surface area contributed by atoms with Gasteiger partial charge in [-0.1, -0.05) is 36.8 Å². The summed E-state index contributed by atoms with van der Waals surface area (Å²) in [4.78, 5) is 15.9. The zero-order chi connectivity index (χ0) is 15.4. The van der Waals surface area contributed by atoms with Gasteiger partial charge in [-0.25, -0.2) is 4.79 Å². The highest BCUT2D eigenvalue weighted by Gasteiger charge is 2.29. The van der Waals surface area contributed by atoms with Gasteiger partial charge in [0.1, 0.15) is 6.61 Å². The van der Waals surface area contributed by atoms with Gasteiger partial charge in [0.05, 0.1) is 6.54 Å². The number of hydrogen-bond acceptors (Lipinski definition) is 3. The van der Waals surface area contributed by atoms with Gasteiger partial charge < -0.3 is 9.64 Å². The fourth-order valence-corrected chi connectivity index (χ4v) is 3.73. The number of carbonyl (C=O) groups is 1. The summed E-state index contributed by atoms with van der Waals surface area (Å²) in [6.07, 6.45) is 4.68. The van der Waals surface area contributed by atoms with E-state index in [9.17, 15) is 4.79 Å². The fourth-order valence-electron chi connectivity index (χ4n) is 3.73. The van der Waals surface area contributed by atoms with Crippen molar-refractivity contribution in [2.45, 2.75) is 44.7 Å². The van der Waals surface area contributed by atoms with Gasteiger partial charge in [0.2, 0.25) is 0 Å². The molecule has 2 fully saturated rings. The molecule has 1 aromatic rings. The van der Waals surface area contributed by atoms with E-state index in [1.54, 1.807) is 0 Å². The van der Waals surface area contributed by atoms with Crippen LogP contribution in [0.3, 0.4) is 0 Å². The van der Waals surface area contributed by atoms with E-state index < -0.39 is 0 Å². The minimum absolute atomic E-state index is 0.147. The molecule has 1 amide bonds. The van der Waals surface area contributed by atoms with Crippen LogP contribution in [0.2, 0.25) is 0 Å². The zero-order valence-electron chi connectivity index (χ0n) is 13.4. The van der Waals surface area contributed by atoms with E-state index in [1.165, 1.54) is 24.8 Å². The molecule has 0 spiro atoms. The lowest BCUT2D eigenvalue weighted by atomic mass is 9.91.